The van der Waals surface area contributed by atoms with Gasteiger partial charge in [-0.2, -0.15) is 4.31 Å². The highest BCUT2D eigenvalue weighted by molar-refractivity contribution is 9.10. The van der Waals surface area contributed by atoms with Gasteiger partial charge in [0.2, 0.25) is 10.0 Å². The predicted octanol–water partition coefficient (Wildman–Crippen LogP) is 1.69. The Balaban J connectivity index is 2.35. The highest BCUT2D eigenvalue weighted by Gasteiger charge is 2.23. The van der Waals surface area contributed by atoms with Crippen molar-refractivity contribution in [2.24, 2.45) is 0 Å². The van der Waals surface area contributed by atoms with Gasteiger partial charge in [-0.05, 0) is 34.1 Å². The second-order valence-corrected chi connectivity index (χ2v) is 7.14. The molecule has 0 aliphatic rings. The van der Waals surface area contributed by atoms with Crippen LogP contribution in [0.1, 0.15) is 16.2 Å². The van der Waals surface area contributed by atoms with Gasteiger partial charge in [-0.15, -0.1) is 0 Å². The Labute approximate surface area is 129 Å². The minimum atomic E-state index is -3.80. The first kappa shape index (κ1) is 15.7. The topological polar surface area (TPSA) is 103 Å². The third-order valence-corrected chi connectivity index (χ3v) is 5.29. The summed E-state index contributed by atoms with van der Waals surface area (Å²) in [5, 5.41) is 9.05. The number of imidazole rings is 1. The van der Waals surface area contributed by atoms with Gasteiger partial charge in [0.05, 0.1) is 17.0 Å². The molecule has 0 radical (unpaired) electrons. The maximum absolute atomic E-state index is 12.4. The minimum Gasteiger partial charge on any atom is -0.478 e. The number of carboxylic acids is 1. The van der Waals surface area contributed by atoms with Gasteiger partial charge in [-0.3, -0.25) is 0 Å². The molecular weight excluding hydrogens is 362 g/mol. The summed E-state index contributed by atoms with van der Waals surface area (Å²) >= 11 is 3.08. The van der Waals surface area contributed by atoms with Gasteiger partial charge in [0.25, 0.3) is 0 Å². The van der Waals surface area contributed by atoms with Crippen LogP contribution in [0.15, 0.2) is 40.0 Å². The van der Waals surface area contributed by atoms with Gasteiger partial charge in [0, 0.05) is 23.9 Å². The van der Waals surface area contributed by atoms with Crippen LogP contribution in [-0.2, 0) is 16.6 Å². The Morgan fingerprint density at radius 3 is 2.76 bits per heavy atom. The third kappa shape index (κ3) is 3.31. The highest BCUT2D eigenvalue weighted by Crippen LogP contribution is 2.23. The zero-order valence-electron chi connectivity index (χ0n) is 10.9. The average Bonchev–Trinajstić information content (AvgIpc) is 2.91. The summed E-state index contributed by atoms with van der Waals surface area (Å²) in [6, 6.07) is 3.88. The maximum atomic E-state index is 12.4. The number of carbonyl (C=O) groups is 1. The summed E-state index contributed by atoms with van der Waals surface area (Å²) in [5.41, 5.74) is -0.109. The Bertz CT molecular complexity index is 759. The molecule has 0 fully saturated rings. The lowest BCUT2D eigenvalue weighted by Crippen LogP contribution is -2.27. The Hall–Kier alpha value is -1.71. The minimum absolute atomic E-state index is 0.0633. The Morgan fingerprint density at radius 2 is 2.19 bits per heavy atom. The summed E-state index contributed by atoms with van der Waals surface area (Å²) < 4.78 is 26.3. The van der Waals surface area contributed by atoms with Crippen molar-refractivity contribution in [2.75, 3.05) is 7.05 Å². The molecule has 1 aromatic heterocycles. The molecule has 0 aliphatic heterocycles. The number of benzene rings is 1. The molecule has 21 heavy (non-hydrogen) atoms. The van der Waals surface area contributed by atoms with Crippen molar-refractivity contribution in [3.63, 3.8) is 0 Å². The van der Waals surface area contributed by atoms with Gasteiger partial charge in [-0.25, -0.2) is 18.2 Å². The van der Waals surface area contributed by atoms with Crippen LogP contribution in [0.25, 0.3) is 0 Å². The summed E-state index contributed by atoms with van der Waals surface area (Å²) in [4.78, 5) is 17.8. The van der Waals surface area contributed by atoms with Crippen LogP contribution < -0.4 is 0 Å². The summed E-state index contributed by atoms with van der Waals surface area (Å²) in [6.45, 7) is 0.0633. The number of aromatic nitrogens is 2. The number of sulfonamides is 1. The van der Waals surface area contributed by atoms with E-state index in [1.807, 2.05) is 0 Å². The molecule has 0 bridgehead atoms. The van der Waals surface area contributed by atoms with Gasteiger partial charge >= 0.3 is 5.97 Å². The number of aromatic carboxylic acids is 1. The zero-order valence-corrected chi connectivity index (χ0v) is 13.3. The van der Waals surface area contributed by atoms with E-state index in [9.17, 15) is 13.2 Å². The number of nitrogens with one attached hydrogen (secondary N) is 1. The molecule has 0 saturated heterocycles. The number of halogens is 1. The molecule has 9 heteroatoms. The van der Waals surface area contributed by atoms with E-state index in [-0.39, 0.29) is 17.0 Å². The molecule has 0 aliphatic carbocycles. The molecule has 7 nitrogen and oxygen atoms in total. The first-order valence-corrected chi connectivity index (χ1v) is 8.03. The summed E-state index contributed by atoms with van der Waals surface area (Å²) in [5.74, 6) is -0.704. The number of carboxylic acid groups (broad SMARTS) is 1. The third-order valence-electron chi connectivity index (χ3n) is 2.80. The fraction of sp³-hybridized carbons (Fsp3) is 0.167. The lowest BCUT2D eigenvalue weighted by molar-refractivity contribution is 0.0695. The SMILES string of the molecule is CN(Cc1ncc[nH]1)S(=O)(=O)c1ccc(Br)c(C(=O)O)c1. The molecule has 0 unspecified atom stereocenters. The van der Waals surface area contributed by atoms with Crippen molar-refractivity contribution in [1.82, 2.24) is 14.3 Å². The number of hydrogen-bond acceptors (Lipinski definition) is 4. The van der Waals surface area contributed by atoms with Crippen molar-refractivity contribution < 1.29 is 18.3 Å². The fourth-order valence-corrected chi connectivity index (χ4v) is 3.26. The molecule has 2 N–H and O–H groups in total. The Kier molecular flexibility index (Phi) is 4.45. The van der Waals surface area contributed by atoms with Crippen LogP contribution in [0.2, 0.25) is 0 Å². The van der Waals surface area contributed by atoms with E-state index in [0.717, 1.165) is 10.4 Å². The second kappa shape index (κ2) is 5.96. The monoisotopic (exact) mass is 373 g/mol. The standard InChI is InChI=1S/C12H12BrN3O4S/c1-16(7-11-14-4-5-15-11)21(19,20)8-2-3-10(13)9(6-8)12(17)18/h2-6H,7H2,1H3,(H,14,15)(H,17,18). The molecular formula is C12H12BrN3O4S. The lowest BCUT2D eigenvalue weighted by atomic mass is 10.2. The molecule has 1 aromatic carbocycles. The van der Waals surface area contributed by atoms with E-state index in [4.69, 9.17) is 5.11 Å². The van der Waals surface area contributed by atoms with Gasteiger partial charge in [-0.1, -0.05) is 0 Å². The molecule has 0 saturated carbocycles. The van der Waals surface area contributed by atoms with E-state index < -0.39 is 16.0 Å². The summed E-state index contributed by atoms with van der Waals surface area (Å²) in [6.07, 6.45) is 3.12. The van der Waals surface area contributed by atoms with Crippen LogP contribution in [0, 0.1) is 0 Å². The highest BCUT2D eigenvalue weighted by atomic mass is 79.9. The van der Waals surface area contributed by atoms with Crippen molar-refractivity contribution in [3.8, 4) is 0 Å². The molecule has 1 heterocycles. The van der Waals surface area contributed by atoms with Gasteiger partial charge < -0.3 is 10.1 Å². The number of nitrogens with zero attached hydrogens (tertiary/aromatic N) is 2. The largest absolute Gasteiger partial charge is 0.478 e. The van der Waals surface area contributed by atoms with Crippen molar-refractivity contribution in [3.05, 3.63) is 46.5 Å². The first-order chi connectivity index (χ1) is 9.82. The van der Waals surface area contributed by atoms with E-state index in [0.29, 0.717) is 10.3 Å². The average molecular weight is 374 g/mol. The number of aromatic amines is 1. The molecule has 0 atom stereocenters. The van der Waals surface area contributed by atoms with E-state index in [1.165, 1.54) is 25.4 Å². The molecule has 112 valence electrons. The van der Waals surface area contributed by atoms with Gasteiger partial charge in [0.15, 0.2) is 0 Å². The maximum Gasteiger partial charge on any atom is 0.336 e. The quantitative estimate of drug-likeness (QED) is 0.829. The molecule has 0 spiro atoms. The van der Waals surface area contributed by atoms with Gasteiger partial charge in [0.1, 0.15) is 5.82 Å². The van der Waals surface area contributed by atoms with E-state index in [2.05, 4.69) is 25.9 Å². The number of H-pyrrole nitrogens is 1. The summed E-state index contributed by atoms with van der Waals surface area (Å²) in [7, 11) is -2.40. The zero-order chi connectivity index (χ0) is 15.6. The van der Waals surface area contributed by atoms with Crippen LogP contribution in [0.4, 0.5) is 0 Å². The van der Waals surface area contributed by atoms with Crippen LogP contribution in [-0.4, -0.2) is 40.8 Å². The fourth-order valence-electron chi connectivity index (χ4n) is 1.69. The molecule has 0 amide bonds. The van der Waals surface area contributed by atoms with Crippen molar-refractivity contribution in [2.45, 2.75) is 11.4 Å². The van der Waals surface area contributed by atoms with E-state index >= 15 is 0 Å². The van der Waals surface area contributed by atoms with Crippen molar-refractivity contribution in [1.29, 1.82) is 0 Å². The van der Waals surface area contributed by atoms with Crippen LogP contribution in [0.5, 0.6) is 0 Å². The van der Waals surface area contributed by atoms with Crippen LogP contribution in [0.3, 0.4) is 0 Å². The van der Waals surface area contributed by atoms with E-state index in [1.54, 1.807) is 6.20 Å². The smallest absolute Gasteiger partial charge is 0.336 e. The molecule has 2 aromatic rings. The lowest BCUT2D eigenvalue weighted by Gasteiger charge is -2.16. The number of rotatable bonds is 5. The normalized spacial score (nSPS) is 11.8. The number of hydrogen-bond donors (Lipinski definition) is 2. The first-order valence-electron chi connectivity index (χ1n) is 5.80. The second-order valence-electron chi connectivity index (χ2n) is 4.24. The predicted molar refractivity (Wildman–Crippen MR) is 78.3 cm³/mol. The molecule has 2 rings (SSSR count). The van der Waals surface area contributed by atoms with Crippen molar-refractivity contribution >= 4 is 31.9 Å². The Morgan fingerprint density at radius 1 is 1.48 bits per heavy atom. The van der Waals surface area contributed by atoms with Crippen LogP contribution >= 0.6 is 15.9 Å².